The first-order chi connectivity index (χ1) is 7.34. The molecule has 1 aromatic carbocycles. The molecule has 1 N–H and O–H groups in total. The number of aldehydes is 1. The zero-order valence-electron chi connectivity index (χ0n) is 8.41. The molecular weight excluding hydrogens is 188 g/mol. The van der Waals surface area contributed by atoms with Crippen LogP contribution >= 0.6 is 0 Å². The average Bonchev–Trinajstić information content (AvgIpc) is 2.30. The number of allylic oxidation sites excluding steroid dienone is 3. The number of aliphatic hydroxyl groups is 1. The normalized spacial score (nSPS) is 13.4. The molecule has 2 nitrogen and oxygen atoms in total. The predicted octanol–water partition coefficient (Wildman–Crippen LogP) is 2.42. The summed E-state index contributed by atoms with van der Waals surface area (Å²) in [5.41, 5.74) is 0.904. The molecule has 1 aromatic rings. The van der Waals surface area contributed by atoms with E-state index in [4.69, 9.17) is 0 Å². The van der Waals surface area contributed by atoms with E-state index in [1.165, 1.54) is 6.08 Å². The van der Waals surface area contributed by atoms with E-state index in [1.54, 1.807) is 12.2 Å². The highest BCUT2D eigenvalue weighted by molar-refractivity contribution is 5.65. The molecule has 0 bridgehead atoms. The molecule has 0 heterocycles. The fourth-order valence-corrected chi connectivity index (χ4v) is 1.21. The van der Waals surface area contributed by atoms with Crippen LogP contribution in [0.1, 0.15) is 18.1 Å². The summed E-state index contributed by atoms with van der Waals surface area (Å²) < 4.78 is 0. The van der Waals surface area contributed by atoms with Crippen LogP contribution in [-0.4, -0.2) is 11.4 Å². The van der Waals surface area contributed by atoms with Gasteiger partial charge < -0.3 is 5.11 Å². The van der Waals surface area contributed by atoms with Crippen molar-refractivity contribution in [3.63, 3.8) is 0 Å². The van der Waals surface area contributed by atoms with Gasteiger partial charge in [-0.3, -0.25) is 4.79 Å². The summed E-state index contributed by atoms with van der Waals surface area (Å²) in [5.74, 6) is 0. The highest BCUT2D eigenvalue weighted by Gasteiger charge is 2.02. The summed E-state index contributed by atoms with van der Waals surface area (Å²) in [6, 6.07) is 9.49. The molecule has 1 rings (SSSR count). The third-order valence-electron chi connectivity index (χ3n) is 1.98. The summed E-state index contributed by atoms with van der Waals surface area (Å²) in [6.45, 7) is 0. The van der Waals surface area contributed by atoms with Gasteiger partial charge in [0.15, 0.2) is 0 Å². The Kier molecular flexibility index (Phi) is 5.12. The van der Waals surface area contributed by atoms with E-state index in [1.807, 2.05) is 36.4 Å². The molecule has 0 saturated heterocycles. The Hall–Kier alpha value is -1.67. The van der Waals surface area contributed by atoms with Gasteiger partial charge in [0.1, 0.15) is 6.29 Å². The Bertz CT molecular complexity index is 339. The van der Waals surface area contributed by atoms with Crippen LogP contribution in [-0.2, 0) is 4.79 Å². The first kappa shape index (κ1) is 11.4. The maximum absolute atomic E-state index is 9.95. The van der Waals surface area contributed by atoms with Crippen molar-refractivity contribution < 1.29 is 9.90 Å². The van der Waals surface area contributed by atoms with Crippen LogP contribution < -0.4 is 0 Å². The van der Waals surface area contributed by atoms with Crippen LogP contribution in [0, 0.1) is 0 Å². The molecule has 0 amide bonds. The summed E-state index contributed by atoms with van der Waals surface area (Å²) in [7, 11) is 0. The van der Waals surface area contributed by atoms with Crippen LogP contribution in [0.3, 0.4) is 0 Å². The number of carbonyl (C=O) groups excluding carboxylic acids is 1. The second-order valence-corrected chi connectivity index (χ2v) is 3.11. The van der Waals surface area contributed by atoms with Gasteiger partial charge >= 0.3 is 0 Å². The Morgan fingerprint density at radius 1 is 1.13 bits per heavy atom. The molecule has 78 valence electrons. The van der Waals surface area contributed by atoms with Crippen molar-refractivity contribution >= 4 is 6.29 Å². The van der Waals surface area contributed by atoms with E-state index in [2.05, 4.69) is 0 Å². The van der Waals surface area contributed by atoms with Crippen molar-refractivity contribution in [1.82, 2.24) is 0 Å². The van der Waals surface area contributed by atoms with E-state index in [0.29, 0.717) is 6.42 Å². The number of benzene rings is 1. The SMILES string of the molecule is O=C/C=C/C=C\CC(O)c1ccccc1. The number of carbonyl (C=O) groups is 1. The number of rotatable bonds is 5. The van der Waals surface area contributed by atoms with Crippen LogP contribution in [0.15, 0.2) is 54.6 Å². The van der Waals surface area contributed by atoms with Gasteiger partial charge in [0.2, 0.25) is 0 Å². The third-order valence-corrected chi connectivity index (χ3v) is 1.98. The number of aliphatic hydroxyl groups excluding tert-OH is 1. The zero-order valence-corrected chi connectivity index (χ0v) is 8.41. The van der Waals surface area contributed by atoms with Gasteiger partial charge in [-0.05, 0) is 18.1 Å². The van der Waals surface area contributed by atoms with Gasteiger partial charge in [-0.2, -0.15) is 0 Å². The van der Waals surface area contributed by atoms with Crippen molar-refractivity contribution in [3.8, 4) is 0 Å². The van der Waals surface area contributed by atoms with Crippen molar-refractivity contribution in [3.05, 3.63) is 60.2 Å². The summed E-state index contributed by atoms with van der Waals surface area (Å²) >= 11 is 0. The van der Waals surface area contributed by atoms with E-state index in [9.17, 15) is 9.90 Å². The summed E-state index contributed by atoms with van der Waals surface area (Å²) in [6.07, 6.45) is 7.42. The second kappa shape index (κ2) is 6.74. The van der Waals surface area contributed by atoms with Crippen LogP contribution in [0.25, 0.3) is 0 Å². The Balaban J connectivity index is 2.43. The molecular formula is C13H14O2. The van der Waals surface area contributed by atoms with Crippen molar-refractivity contribution in [2.75, 3.05) is 0 Å². The third kappa shape index (κ3) is 4.38. The Labute approximate surface area is 89.6 Å². The predicted molar refractivity (Wildman–Crippen MR) is 60.4 cm³/mol. The molecule has 0 aliphatic heterocycles. The number of hydrogen-bond donors (Lipinski definition) is 1. The van der Waals surface area contributed by atoms with Crippen molar-refractivity contribution in [1.29, 1.82) is 0 Å². The Morgan fingerprint density at radius 2 is 1.87 bits per heavy atom. The first-order valence-corrected chi connectivity index (χ1v) is 4.84. The molecule has 0 spiro atoms. The van der Waals surface area contributed by atoms with Gasteiger partial charge in [0, 0.05) is 0 Å². The fraction of sp³-hybridized carbons (Fsp3) is 0.154. The molecule has 0 aromatic heterocycles. The lowest BCUT2D eigenvalue weighted by Crippen LogP contribution is -1.94. The van der Waals surface area contributed by atoms with Crippen molar-refractivity contribution in [2.45, 2.75) is 12.5 Å². The highest BCUT2D eigenvalue weighted by atomic mass is 16.3. The lowest BCUT2D eigenvalue weighted by atomic mass is 10.1. The highest BCUT2D eigenvalue weighted by Crippen LogP contribution is 2.15. The molecule has 15 heavy (non-hydrogen) atoms. The van der Waals surface area contributed by atoms with E-state index < -0.39 is 6.10 Å². The van der Waals surface area contributed by atoms with E-state index >= 15 is 0 Å². The molecule has 2 heteroatoms. The molecule has 0 saturated carbocycles. The van der Waals surface area contributed by atoms with Crippen LogP contribution in [0.4, 0.5) is 0 Å². The zero-order chi connectivity index (χ0) is 10.9. The van der Waals surface area contributed by atoms with E-state index in [-0.39, 0.29) is 0 Å². The maximum Gasteiger partial charge on any atom is 0.142 e. The van der Waals surface area contributed by atoms with Crippen LogP contribution in [0.2, 0.25) is 0 Å². The number of hydrogen-bond acceptors (Lipinski definition) is 2. The largest absolute Gasteiger partial charge is 0.388 e. The minimum atomic E-state index is -0.480. The topological polar surface area (TPSA) is 37.3 Å². The first-order valence-electron chi connectivity index (χ1n) is 4.84. The quantitative estimate of drug-likeness (QED) is 0.452. The maximum atomic E-state index is 9.95. The standard InChI is InChI=1S/C13H14O2/c14-11-7-2-1-6-10-13(15)12-8-4-3-5-9-12/h1-9,11,13,15H,10H2/b6-1-,7-2+. The molecule has 0 aliphatic carbocycles. The van der Waals surface area contributed by atoms with Crippen molar-refractivity contribution in [2.24, 2.45) is 0 Å². The Morgan fingerprint density at radius 3 is 2.53 bits per heavy atom. The van der Waals surface area contributed by atoms with Gasteiger partial charge in [0.05, 0.1) is 6.10 Å². The van der Waals surface area contributed by atoms with Gasteiger partial charge in [-0.25, -0.2) is 0 Å². The fourth-order valence-electron chi connectivity index (χ4n) is 1.21. The molecule has 0 fully saturated rings. The lowest BCUT2D eigenvalue weighted by Gasteiger charge is -2.06. The van der Waals surface area contributed by atoms with Crippen LogP contribution in [0.5, 0.6) is 0 Å². The average molecular weight is 202 g/mol. The van der Waals surface area contributed by atoms with E-state index in [0.717, 1.165) is 11.8 Å². The monoisotopic (exact) mass is 202 g/mol. The molecule has 0 aliphatic rings. The second-order valence-electron chi connectivity index (χ2n) is 3.11. The summed E-state index contributed by atoms with van der Waals surface area (Å²) in [4.78, 5) is 9.95. The lowest BCUT2D eigenvalue weighted by molar-refractivity contribution is -0.104. The summed E-state index contributed by atoms with van der Waals surface area (Å²) in [5, 5.41) is 9.73. The van der Waals surface area contributed by atoms with Gasteiger partial charge in [-0.15, -0.1) is 0 Å². The molecule has 1 unspecified atom stereocenters. The van der Waals surface area contributed by atoms with Gasteiger partial charge in [0.25, 0.3) is 0 Å². The van der Waals surface area contributed by atoms with Gasteiger partial charge in [-0.1, -0.05) is 48.6 Å². The molecule has 1 atom stereocenters. The smallest absolute Gasteiger partial charge is 0.142 e. The minimum absolute atomic E-state index is 0.480. The molecule has 0 radical (unpaired) electrons. The minimum Gasteiger partial charge on any atom is -0.388 e.